The number of aromatic nitrogens is 1. The van der Waals surface area contributed by atoms with Crippen molar-refractivity contribution in [3.63, 3.8) is 0 Å². The van der Waals surface area contributed by atoms with Gasteiger partial charge in [-0.2, -0.15) is 0 Å². The van der Waals surface area contributed by atoms with E-state index in [2.05, 4.69) is 9.38 Å². The van der Waals surface area contributed by atoms with Crippen molar-refractivity contribution < 1.29 is 8.94 Å². The second-order valence-corrected chi connectivity index (χ2v) is 6.43. The summed E-state index contributed by atoms with van der Waals surface area (Å²) in [6.45, 7) is 5.42. The van der Waals surface area contributed by atoms with Crippen LogP contribution >= 0.6 is 11.6 Å². The van der Waals surface area contributed by atoms with E-state index in [1.54, 1.807) is 20.8 Å². The molecule has 3 nitrogen and oxygen atoms in total. The highest BCUT2D eigenvalue weighted by Gasteiger charge is 2.25. The lowest BCUT2D eigenvalue weighted by molar-refractivity contribution is 0.562. The maximum Gasteiger partial charge on any atom is 0.164 e. The van der Waals surface area contributed by atoms with Gasteiger partial charge in [-0.25, -0.2) is 9.37 Å². The molecule has 0 bridgehead atoms. The molecule has 1 atom stereocenters. The van der Waals surface area contributed by atoms with E-state index in [9.17, 15) is 8.94 Å². The Labute approximate surface area is 102 Å². The van der Waals surface area contributed by atoms with Crippen LogP contribution in [0.15, 0.2) is 16.7 Å². The van der Waals surface area contributed by atoms with Crippen LogP contribution < -0.4 is 0 Å². The highest BCUT2D eigenvalue weighted by atomic mass is 35.5. The lowest BCUT2D eigenvalue weighted by Crippen LogP contribution is -2.25. The van der Waals surface area contributed by atoms with Gasteiger partial charge in [0.05, 0.1) is 6.21 Å². The summed E-state index contributed by atoms with van der Waals surface area (Å²) in [4.78, 5) is 3.62. The van der Waals surface area contributed by atoms with Gasteiger partial charge in [0.1, 0.15) is 16.1 Å². The molecule has 6 heteroatoms. The molecule has 1 aromatic rings. The molecule has 1 heterocycles. The topological polar surface area (TPSA) is 48.3 Å². The number of pyridine rings is 1. The summed E-state index contributed by atoms with van der Waals surface area (Å²) in [6.07, 6.45) is 2.70. The highest BCUT2D eigenvalue weighted by molar-refractivity contribution is 7.91. The molecule has 0 saturated carbocycles. The quantitative estimate of drug-likeness (QED) is 0.467. The fourth-order valence-electron chi connectivity index (χ4n) is 0.773. The molecule has 16 heavy (non-hydrogen) atoms. The van der Waals surface area contributed by atoms with Gasteiger partial charge in [0.25, 0.3) is 0 Å². The van der Waals surface area contributed by atoms with Crippen molar-refractivity contribution in [2.75, 3.05) is 0 Å². The first-order valence-corrected chi connectivity index (χ1v) is 6.06. The summed E-state index contributed by atoms with van der Waals surface area (Å²) in [5, 5.41) is -0.186. The van der Waals surface area contributed by atoms with Crippen LogP contribution in [-0.2, 0) is 11.4 Å². The maximum absolute atomic E-state index is 13.0. The monoisotopic (exact) mass is 262 g/mol. The van der Waals surface area contributed by atoms with Crippen LogP contribution in [0.2, 0.25) is 5.15 Å². The third kappa shape index (κ3) is 3.73. The third-order valence-corrected chi connectivity index (χ3v) is 3.26. The van der Waals surface area contributed by atoms with Gasteiger partial charge in [-0.3, -0.25) is 0 Å². The number of hydrogen-bond donors (Lipinski definition) is 0. The van der Waals surface area contributed by atoms with E-state index in [4.69, 9.17) is 11.6 Å². The Hall–Kier alpha value is -0.650. The molecule has 0 unspecified atom stereocenters. The minimum absolute atomic E-state index is 0.186. The smallest absolute Gasteiger partial charge is 0.164 e. The highest BCUT2D eigenvalue weighted by Crippen LogP contribution is 2.17. The van der Waals surface area contributed by atoms with E-state index in [0.29, 0.717) is 5.56 Å². The molecule has 0 aromatic carbocycles. The van der Waals surface area contributed by atoms with Crippen LogP contribution in [0.25, 0.3) is 0 Å². The Balaban J connectivity index is 2.81. The lowest BCUT2D eigenvalue weighted by atomic mass is 10.3. The average molecular weight is 263 g/mol. The van der Waals surface area contributed by atoms with Crippen LogP contribution in [0.3, 0.4) is 0 Å². The number of halogens is 2. The third-order valence-electron chi connectivity index (χ3n) is 1.64. The van der Waals surface area contributed by atoms with E-state index in [1.807, 2.05) is 0 Å². The minimum atomic E-state index is -1.36. The fourth-order valence-corrected chi connectivity index (χ4v) is 1.41. The summed E-state index contributed by atoms with van der Waals surface area (Å²) in [6, 6.07) is 1.19. The Kier molecular flexibility index (Phi) is 4.29. The lowest BCUT2D eigenvalue weighted by Gasteiger charge is -2.17. The maximum atomic E-state index is 13.0. The second kappa shape index (κ2) is 5.12. The normalized spacial score (nSPS) is 14.4. The molecule has 0 aliphatic carbocycles. The second-order valence-electron chi connectivity index (χ2n) is 4.14. The summed E-state index contributed by atoms with van der Waals surface area (Å²) >= 11 is 4.06. The van der Waals surface area contributed by atoms with E-state index >= 15 is 0 Å². The largest absolute Gasteiger partial charge is 0.591 e. The van der Waals surface area contributed by atoms with Crippen LogP contribution in [-0.4, -0.2) is 20.5 Å². The Bertz CT molecular complexity index is 406. The summed E-state index contributed by atoms with van der Waals surface area (Å²) in [7, 11) is 0. The van der Waals surface area contributed by atoms with Crippen LogP contribution in [0.5, 0.6) is 0 Å². The summed E-state index contributed by atoms with van der Waals surface area (Å²) in [5.41, 5.74) is 0.430. The van der Waals surface area contributed by atoms with Gasteiger partial charge in [-0.05, 0) is 26.8 Å². The molecule has 1 aromatic heterocycles. The van der Waals surface area contributed by atoms with Gasteiger partial charge < -0.3 is 4.55 Å². The first-order valence-electron chi connectivity index (χ1n) is 4.58. The number of hydrogen-bond acceptors (Lipinski definition) is 3. The molecule has 0 spiro atoms. The zero-order valence-electron chi connectivity index (χ0n) is 9.20. The van der Waals surface area contributed by atoms with Crippen LogP contribution in [0.4, 0.5) is 4.39 Å². The molecule has 0 radical (unpaired) electrons. The van der Waals surface area contributed by atoms with Crippen molar-refractivity contribution in [3.8, 4) is 0 Å². The zero-order valence-corrected chi connectivity index (χ0v) is 10.8. The van der Waals surface area contributed by atoms with Crippen molar-refractivity contribution in [2.24, 2.45) is 4.40 Å². The standard InChI is InChI=1S/C10H12ClFN2OS/c1-10(2,3)16(15)14-6-7-4-8(12)9(11)13-5-7/h4-6H,1-3H3/b14-6+/t16-/m1/s1. The Morgan fingerprint density at radius 1 is 1.56 bits per heavy atom. The number of nitrogens with zero attached hydrogens (tertiary/aromatic N) is 2. The van der Waals surface area contributed by atoms with E-state index in [0.717, 1.165) is 0 Å². The molecule has 88 valence electrons. The zero-order chi connectivity index (χ0) is 12.3. The van der Waals surface area contributed by atoms with E-state index < -0.39 is 21.9 Å². The van der Waals surface area contributed by atoms with Crippen LogP contribution in [0.1, 0.15) is 26.3 Å². The molecule has 0 N–H and O–H groups in total. The van der Waals surface area contributed by atoms with Gasteiger partial charge in [-0.1, -0.05) is 16.0 Å². The van der Waals surface area contributed by atoms with Crippen molar-refractivity contribution in [2.45, 2.75) is 25.5 Å². The Morgan fingerprint density at radius 2 is 2.19 bits per heavy atom. The number of rotatable bonds is 2. The predicted octanol–water partition coefficient (Wildman–Crippen LogP) is 2.76. The Morgan fingerprint density at radius 3 is 2.69 bits per heavy atom. The molecule has 0 aliphatic heterocycles. The first-order chi connectivity index (χ1) is 7.30. The van der Waals surface area contributed by atoms with E-state index in [1.165, 1.54) is 18.5 Å². The summed E-state index contributed by atoms with van der Waals surface area (Å²) < 4.78 is 28.0. The minimum Gasteiger partial charge on any atom is -0.591 e. The van der Waals surface area contributed by atoms with Gasteiger partial charge in [0.15, 0.2) is 11.0 Å². The van der Waals surface area contributed by atoms with Gasteiger partial charge >= 0.3 is 0 Å². The molecule has 0 saturated heterocycles. The molecule has 0 amide bonds. The fraction of sp³-hybridized carbons (Fsp3) is 0.400. The van der Waals surface area contributed by atoms with Crippen molar-refractivity contribution in [1.82, 2.24) is 4.98 Å². The van der Waals surface area contributed by atoms with Crippen molar-refractivity contribution in [1.29, 1.82) is 0 Å². The predicted molar refractivity (Wildman–Crippen MR) is 64.7 cm³/mol. The molecule has 0 fully saturated rings. The van der Waals surface area contributed by atoms with Gasteiger partial charge in [0.2, 0.25) is 0 Å². The van der Waals surface area contributed by atoms with Crippen molar-refractivity contribution >= 4 is 29.2 Å². The van der Waals surface area contributed by atoms with Crippen molar-refractivity contribution in [3.05, 3.63) is 28.8 Å². The van der Waals surface area contributed by atoms with Gasteiger partial charge in [-0.15, -0.1) is 0 Å². The summed E-state index contributed by atoms with van der Waals surface area (Å²) in [5.74, 6) is -0.618. The average Bonchev–Trinajstić information content (AvgIpc) is 2.18. The van der Waals surface area contributed by atoms with Gasteiger partial charge in [0, 0.05) is 11.8 Å². The van der Waals surface area contributed by atoms with E-state index in [-0.39, 0.29) is 5.15 Å². The SMILES string of the molecule is CC(C)(C)[S@@+]([O-])/N=C/c1cnc(Cl)c(F)c1. The molecule has 0 aliphatic rings. The first kappa shape index (κ1) is 13.4. The van der Waals surface area contributed by atoms with Crippen LogP contribution in [0, 0.1) is 5.82 Å². The molecule has 1 rings (SSSR count). The molecular weight excluding hydrogens is 251 g/mol. The molecular formula is C10H12ClFN2OS.